The molecule has 1 fully saturated rings. The first-order valence-corrected chi connectivity index (χ1v) is 7.71. The summed E-state index contributed by atoms with van der Waals surface area (Å²) in [6.07, 6.45) is 2.87. The summed E-state index contributed by atoms with van der Waals surface area (Å²) in [5.74, 6) is -0.324. The molecule has 0 spiro atoms. The molecule has 3 N–H and O–H groups in total. The molecule has 134 valence electrons. The quantitative estimate of drug-likeness (QED) is 0.792. The van der Waals surface area contributed by atoms with Crippen molar-refractivity contribution in [3.05, 3.63) is 17.7 Å². The van der Waals surface area contributed by atoms with Gasteiger partial charge in [-0.3, -0.25) is 4.79 Å². The van der Waals surface area contributed by atoms with E-state index in [1.807, 2.05) is 0 Å². The van der Waals surface area contributed by atoms with E-state index in [0.717, 1.165) is 19.3 Å². The van der Waals surface area contributed by atoms with Gasteiger partial charge >= 0.3 is 6.61 Å². The molecule has 0 heterocycles. The van der Waals surface area contributed by atoms with Gasteiger partial charge in [-0.25, -0.2) is 0 Å². The number of carbonyl (C=O) groups excluding carboxylic acids is 1. The molecule has 8 heteroatoms. The zero-order valence-corrected chi connectivity index (χ0v) is 13.7. The number of alkyl halides is 2. The molecule has 0 radical (unpaired) electrons. The van der Waals surface area contributed by atoms with Gasteiger partial charge in [0.2, 0.25) is 5.75 Å². The van der Waals surface area contributed by atoms with E-state index in [2.05, 4.69) is 10.1 Å². The fourth-order valence-corrected chi connectivity index (χ4v) is 2.98. The molecule has 1 saturated carbocycles. The molecule has 2 unspecified atom stereocenters. The van der Waals surface area contributed by atoms with Crippen LogP contribution in [0.25, 0.3) is 0 Å². The van der Waals surface area contributed by atoms with Crippen molar-refractivity contribution >= 4 is 5.91 Å². The maximum atomic E-state index is 12.5. The minimum absolute atomic E-state index is 0.00148. The van der Waals surface area contributed by atoms with E-state index in [0.29, 0.717) is 6.54 Å². The lowest BCUT2D eigenvalue weighted by Gasteiger charge is -2.20. The molecule has 1 aliphatic rings. The number of rotatable bonds is 7. The summed E-state index contributed by atoms with van der Waals surface area (Å²) in [6, 6.07) is 2.71. The standard InChI is InChI=1S/C16H22F2N2O4/c1-22-12-6-10(7-13(23-2)14(12)24-16(17)18)15(21)20-11-5-3-4-9(11)8-19/h6-7,9,11,16H,3-5,8,19H2,1-2H3,(H,20,21). The van der Waals surface area contributed by atoms with Crippen LogP contribution in [0.5, 0.6) is 17.2 Å². The van der Waals surface area contributed by atoms with Crippen molar-refractivity contribution in [2.24, 2.45) is 11.7 Å². The summed E-state index contributed by atoms with van der Waals surface area (Å²) in [5.41, 5.74) is 5.96. The van der Waals surface area contributed by atoms with Crippen molar-refractivity contribution in [3.8, 4) is 17.2 Å². The minimum Gasteiger partial charge on any atom is -0.493 e. The Morgan fingerprint density at radius 1 is 1.29 bits per heavy atom. The molecule has 1 aliphatic carbocycles. The van der Waals surface area contributed by atoms with E-state index < -0.39 is 6.61 Å². The number of amides is 1. The van der Waals surface area contributed by atoms with Gasteiger partial charge in [-0.05, 0) is 37.4 Å². The van der Waals surface area contributed by atoms with Crippen LogP contribution in [-0.2, 0) is 0 Å². The Morgan fingerprint density at radius 3 is 2.42 bits per heavy atom. The van der Waals surface area contributed by atoms with E-state index in [1.54, 1.807) is 0 Å². The van der Waals surface area contributed by atoms with Crippen molar-refractivity contribution in [1.29, 1.82) is 0 Å². The van der Waals surface area contributed by atoms with Gasteiger partial charge in [-0.2, -0.15) is 8.78 Å². The number of nitrogens with two attached hydrogens (primary N) is 1. The lowest BCUT2D eigenvalue weighted by molar-refractivity contribution is -0.0526. The number of benzene rings is 1. The summed E-state index contributed by atoms with van der Waals surface area (Å²) in [4.78, 5) is 12.5. The van der Waals surface area contributed by atoms with E-state index in [-0.39, 0.29) is 40.7 Å². The Bertz CT molecular complexity index is 558. The lowest BCUT2D eigenvalue weighted by Crippen LogP contribution is -2.39. The van der Waals surface area contributed by atoms with Crippen molar-refractivity contribution < 1.29 is 27.8 Å². The van der Waals surface area contributed by atoms with Gasteiger partial charge in [0.25, 0.3) is 5.91 Å². The number of halogens is 2. The van der Waals surface area contributed by atoms with Gasteiger partial charge in [-0.15, -0.1) is 0 Å². The van der Waals surface area contributed by atoms with Gasteiger partial charge in [0.05, 0.1) is 14.2 Å². The van der Waals surface area contributed by atoms with Crippen LogP contribution in [0.1, 0.15) is 29.6 Å². The summed E-state index contributed by atoms with van der Waals surface area (Å²) in [5, 5.41) is 2.94. The van der Waals surface area contributed by atoms with Crippen molar-refractivity contribution in [2.75, 3.05) is 20.8 Å². The van der Waals surface area contributed by atoms with E-state index in [9.17, 15) is 13.6 Å². The number of nitrogens with one attached hydrogen (secondary N) is 1. The second-order valence-corrected chi connectivity index (χ2v) is 5.60. The fraction of sp³-hybridized carbons (Fsp3) is 0.562. The number of hydrogen-bond donors (Lipinski definition) is 2. The third kappa shape index (κ3) is 4.05. The third-order valence-electron chi connectivity index (χ3n) is 4.21. The maximum absolute atomic E-state index is 12.5. The molecular formula is C16H22F2N2O4. The number of hydrogen-bond acceptors (Lipinski definition) is 5. The van der Waals surface area contributed by atoms with Gasteiger partial charge in [0.1, 0.15) is 0 Å². The second kappa shape index (κ2) is 8.14. The highest BCUT2D eigenvalue weighted by molar-refractivity contribution is 5.95. The number of ether oxygens (including phenoxy) is 3. The highest BCUT2D eigenvalue weighted by Gasteiger charge is 2.28. The Kier molecular flexibility index (Phi) is 6.19. The molecule has 0 aromatic heterocycles. The number of carbonyl (C=O) groups is 1. The van der Waals surface area contributed by atoms with Gasteiger partial charge in [-0.1, -0.05) is 6.42 Å². The second-order valence-electron chi connectivity index (χ2n) is 5.60. The predicted octanol–water partition coefficient (Wildman–Crippen LogP) is 2.16. The van der Waals surface area contributed by atoms with Gasteiger partial charge in [0.15, 0.2) is 11.5 Å². The monoisotopic (exact) mass is 344 g/mol. The van der Waals surface area contributed by atoms with Crippen LogP contribution < -0.4 is 25.3 Å². The first-order chi connectivity index (χ1) is 11.5. The van der Waals surface area contributed by atoms with Crippen LogP contribution in [0.4, 0.5) is 8.78 Å². The highest BCUT2D eigenvalue weighted by Crippen LogP contribution is 2.39. The zero-order valence-electron chi connectivity index (χ0n) is 13.7. The topological polar surface area (TPSA) is 82.8 Å². The summed E-state index contributed by atoms with van der Waals surface area (Å²) >= 11 is 0. The molecule has 2 atom stereocenters. The molecule has 0 bridgehead atoms. The zero-order chi connectivity index (χ0) is 17.7. The van der Waals surface area contributed by atoms with Crippen LogP contribution in [-0.4, -0.2) is 39.3 Å². The Morgan fingerprint density at radius 2 is 1.92 bits per heavy atom. The summed E-state index contributed by atoms with van der Waals surface area (Å²) < 4.78 is 39.6. The van der Waals surface area contributed by atoms with Crippen molar-refractivity contribution in [2.45, 2.75) is 31.9 Å². The van der Waals surface area contributed by atoms with E-state index in [1.165, 1.54) is 26.4 Å². The first-order valence-electron chi connectivity index (χ1n) is 7.71. The smallest absolute Gasteiger partial charge is 0.387 e. The Hall–Kier alpha value is -2.09. The molecule has 24 heavy (non-hydrogen) atoms. The molecular weight excluding hydrogens is 322 g/mol. The molecule has 2 rings (SSSR count). The van der Waals surface area contributed by atoms with Crippen molar-refractivity contribution in [3.63, 3.8) is 0 Å². The van der Waals surface area contributed by atoms with Crippen molar-refractivity contribution in [1.82, 2.24) is 5.32 Å². The molecule has 1 aromatic carbocycles. The van der Waals surface area contributed by atoms with E-state index in [4.69, 9.17) is 15.2 Å². The average Bonchev–Trinajstić information content (AvgIpc) is 3.01. The highest BCUT2D eigenvalue weighted by atomic mass is 19.3. The molecule has 0 aliphatic heterocycles. The number of methoxy groups -OCH3 is 2. The Labute approximate surface area is 139 Å². The van der Waals surface area contributed by atoms with Crippen LogP contribution in [0.3, 0.4) is 0 Å². The molecule has 0 saturated heterocycles. The fourth-order valence-electron chi connectivity index (χ4n) is 2.98. The maximum Gasteiger partial charge on any atom is 0.387 e. The van der Waals surface area contributed by atoms with Gasteiger partial charge in [0, 0.05) is 11.6 Å². The van der Waals surface area contributed by atoms with Crippen LogP contribution in [0, 0.1) is 5.92 Å². The van der Waals surface area contributed by atoms with E-state index >= 15 is 0 Å². The summed E-state index contributed by atoms with van der Waals surface area (Å²) in [6.45, 7) is -2.52. The van der Waals surface area contributed by atoms with Crippen LogP contribution in [0.15, 0.2) is 12.1 Å². The normalized spacial score (nSPS) is 20.1. The minimum atomic E-state index is -3.03. The summed E-state index contributed by atoms with van der Waals surface area (Å²) in [7, 11) is 2.60. The first kappa shape index (κ1) is 18.3. The Balaban J connectivity index is 2.24. The molecule has 1 amide bonds. The lowest BCUT2D eigenvalue weighted by atomic mass is 10.0. The van der Waals surface area contributed by atoms with Crippen LogP contribution >= 0.6 is 0 Å². The SMILES string of the molecule is COc1cc(C(=O)NC2CCCC2CN)cc(OC)c1OC(F)F. The largest absolute Gasteiger partial charge is 0.493 e. The molecule has 1 aromatic rings. The predicted molar refractivity (Wildman–Crippen MR) is 83.8 cm³/mol. The third-order valence-corrected chi connectivity index (χ3v) is 4.21. The van der Waals surface area contributed by atoms with Crippen LogP contribution in [0.2, 0.25) is 0 Å². The van der Waals surface area contributed by atoms with Gasteiger partial charge < -0.3 is 25.3 Å². The molecule has 6 nitrogen and oxygen atoms in total. The average molecular weight is 344 g/mol.